The van der Waals surface area contributed by atoms with E-state index in [1.165, 1.54) is 5.57 Å². The minimum absolute atomic E-state index is 0.530. The fraction of sp³-hybridized carbons (Fsp3) is 0.417. The van der Waals surface area contributed by atoms with Gasteiger partial charge in [0.2, 0.25) is 0 Å². The lowest BCUT2D eigenvalue weighted by Gasteiger charge is -2.28. The summed E-state index contributed by atoms with van der Waals surface area (Å²) >= 11 is 5.91. The lowest BCUT2D eigenvalue weighted by atomic mass is 10.1. The Morgan fingerprint density at radius 2 is 2.40 bits per heavy atom. The molecule has 2 nitrogen and oxygen atoms in total. The van der Waals surface area contributed by atoms with Crippen LogP contribution in [0, 0.1) is 0 Å². The van der Waals surface area contributed by atoms with Crippen molar-refractivity contribution in [1.82, 2.24) is 4.98 Å². The van der Waals surface area contributed by atoms with Crippen LogP contribution >= 0.6 is 11.6 Å². The molecule has 80 valence electrons. The number of rotatable bonds is 2. The van der Waals surface area contributed by atoms with Gasteiger partial charge in [-0.3, -0.25) is 0 Å². The predicted octanol–water partition coefficient (Wildman–Crippen LogP) is 2.98. The summed E-state index contributed by atoms with van der Waals surface area (Å²) in [5.74, 6) is 1.57. The van der Waals surface area contributed by atoms with Crippen molar-refractivity contribution in [3.63, 3.8) is 0 Å². The topological polar surface area (TPSA) is 16.1 Å². The molecule has 1 aromatic rings. The SMILES string of the molecule is CC1=CCCN(c2ncccc2CCl)C1. The van der Waals surface area contributed by atoms with E-state index in [9.17, 15) is 0 Å². The molecule has 1 aliphatic heterocycles. The van der Waals surface area contributed by atoms with E-state index in [4.69, 9.17) is 11.6 Å². The fourth-order valence-electron chi connectivity index (χ4n) is 1.91. The van der Waals surface area contributed by atoms with Crippen molar-refractivity contribution in [1.29, 1.82) is 0 Å². The molecule has 0 aliphatic carbocycles. The molecular weight excluding hydrogens is 208 g/mol. The van der Waals surface area contributed by atoms with Gasteiger partial charge in [0.15, 0.2) is 0 Å². The fourth-order valence-corrected chi connectivity index (χ4v) is 2.12. The molecule has 2 rings (SSSR count). The van der Waals surface area contributed by atoms with Crippen LogP contribution < -0.4 is 4.90 Å². The molecule has 15 heavy (non-hydrogen) atoms. The summed E-state index contributed by atoms with van der Waals surface area (Å²) in [5, 5.41) is 0. The molecule has 2 heterocycles. The van der Waals surface area contributed by atoms with Crippen molar-refractivity contribution in [3.8, 4) is 0 Å². The van der Waals surface area contributed by atoms with Crippen molar-refractivity contribution in [2.24, 2.45) is 0 Å². The van der Waals surface area contributed by atoms with Crippen LogP contribution in [0.5, 0.6) is 0 Å². The minimum Gasteiger partial charge on any atom is -0.352 e. The van der Waals surface area contributed by atoms with Gasteiger partial charge in [-0.15, -0.1) is 11.6 Å². The molecule has 0 amide bonds. The number of anilines is 1. The third kappa shape index (κ3) is 2.32. The molecule has 0 N–H and O–H groups in total. The van der Waals surface area contributed by atoms with E-state index in [0.29, 0.717) is 5.88 Å². The molecule has 3 heteroatoms. The van der Waals surface area contributed by atoms with Gasteiger partial charge < -0.3 is 4.90 Å². The zero-order valence-corrected chi connectivity index (χ0v) is 9.67. The average molecular weight is 223 g/mol. The van der Waals surface area contributed by atoms with Crippen LogP contribution in [0.2, 0.25) is 0 Å². The smallest absolute Gasteiger partial charge is 0.133 e. The van der Waals surface area contributed by atoms with E-state index in [-0.39, 0.29) is 0 Å². The standard InChI is InChI=1S/C12H15ClN2/c1-10-4-3-7-15(9-10)12-11(8-13)5-2-6-14-12/h2,4-6H,3,7-9H2,1H3. The van der Waals surface area contributed by atoms with Crippen molar-refractivity contribution < 1.29 is 0 Å². The van der Waals surface area contributed by atoms with Gasteiger partial charge in [-0.25, -0.2) is 4.98 Å². The molecule has 1 aromatic heterocycles. The second kappa shape index (κ2) is 4.67. The zero-order chi connectivity index (χ0) is 10.7. The maximum atomic E-state index is 5.91. The Morgan fingerprint density at radius 1 is 1.53 bits per heavy atom. The van der Waals surface area contributed by atoms with Crippen LogP contribution in [0.1, 0.15) is 18.9 Å². The molecule has 0 saturated carbocycles. The number of hydrogen-bond acceptors (Lipinski definition) is 2. The third-order valence-electron chi connectivity index (χ3n) is 2.64. The average Bonchev–Trinajstić information content (AvgIpc) is 2.29. The summed E-state index contributed by atoms with van der Waals surface area (Å²) in [4.78, 5) is 6.72. The van der Waals surface area contributed by atoms with Gasteiger partial charge in [-0.2, -0.15) is 0 Å². The Kier molecular flexibility index (Phi) is 3.27. The number of nitrogens with zero attached hydrogens (tertiary/aromatic N) is 2. The summed E-state index contributed by atoms with van der Waals surface area (Å²) < 4.78 is 0. The van der Waals surface area contributed by atoms with Crippen LogP contribution in [-0.4, -0.2) is 18.1 Å². The molecule has 0 aromatic carbocycles. The molecule has 0 atom stereocenters. The first-order valence-corrected chi connectivity index (χ1v) is 5.75. The quantitative estimate of drug-likeness (QED) is 0.565. The van der Waals surface area contributed by atoms with E-state index in [2.05, 4.69) is 22.9 Å². The lowest BCUT2D eigenvalue weighted by molar-refractivity contribution is 0.774. The highest BCUT2D eigenvalue weighted by molar-refractivity contribution is 6.17. The second-order valence-electron chi connectivity index (χ2n) is 3.88. The normalized spacial score (nSPS) is 16.4. The van der Waals surface area contributed by atoms with E-state index < -0.39 is 0 Å². The van der Waals surface area contributed by atoms with Gasteiger partial charge in [-0.05, 0) is 19.4 Å². The van der Waals surface area contributed by atoms with Gasteiger partial charge in [0.1, 0.15) is 5.82 Å². The van der Waals surface area contributed by atoms with Crippen LogP contribution in [0.4, 0.5) is 5.82 Å². The second-order valence-corrected chi connectivity index (χ2v) is 4.15. The van der Waals surface area contributed by atoms with Crippen LogP contribution in [0.25, 0.3) is 0 Å². The monoisotopic (exact) mass is 222 g/mol. The van der Waals surface area contributed by atoms with Crippen LogP contribution in [0.15, 0.2) is 30.0 Å². The van der Waals surface area contributed by atoms with Gasteiger partial charge in [0.25, 0.3) is 0 Å². The van der Waals surface area contributed by atoms with Crippen molar-refractivity contribution in [3.05, 3.63) is 35.5 Å². The van der Waals surface area contributed by atoms with E-state index in [1.807, 2.05) is 18.3 Å². The lowest BCUT2D eigenvalue weighted by Crippen LogP contribution is -2.30. The minimum atomic E-state index is 0.530. The van der Waals surface area contributed by atoms with Gasteiger partial charge in [0.05, 0.1) is 5.88 Å². The summed E-state index contributed by atoms with van der Waals surface area (Å²) in [6.45, 7) is 4.18. The van der Waals surface area contributed by atoms with E-state index in [0.717, 1.165) is 30.9 Å². The highest BCUT2D eigenvalue weighted by Gasteiger charge is 2.14. The summed E-state index contributed by atoms with van der Waals surface area (Å²) in [5.41, 5.74) is 2.53. The molecule has 0 spiro atoms. The first kappa shape index (κ1) is 10.5. The van der Waals surface area contributed by atoms with Gasteiger partial charge in [0, 0.05) is 24.8 Å². The van der Waals surface area contributed by atoms with E-state index >= 15 is 0 Å². The first-order chi connectivity index (χ1) is 7.31. The number of hydrogen-bond donors (Lipinski definition) is 0. The van der Waals surface area contributed by atoms with Crippen molar-refractivity contribution >= 4 is 17.4 Å². The van der Waals surface area contributed by atoms with Gasteiger partial charge >= 0.3 is 0 Å². The molecular formula is C12H15ClN2. The molecule has 0 unspecified atom stereocenters. The first-order valence-electron chi connectivity index (χ1n) is 5.21. The van der Waals surface area contributed by atoms with Crippen molar-refractivity contribution in [2.75, 3.05) is 18.0 Å². The number of aromatic nitrogens is 1. The Bertz CT molecular complexity index is 374. The molecule has 0 saturated heterocycles. The maximum absolute atomic E-state index is 5.91. The predicted molar refractivity (Wildman–Crippen MR) is 64.4 cm³/mol. The Balaban J connectivity index is 2.25. The molecule has 0 radical (unpaired) electrons. The molecule has 1 aliphatic rings. The maximum Gasteiger partial charge on any atom is 0.133 e. The van der Waals surface area contributed by atoms with Crippen LogP contribution in [0.3, 0.4) is 0 Å². The number of halogens is 1. The summed E-state index contributed by atoms with van der Waals surface area (Å²) in [6, 6.07) is 3.98. The Hall–Kier alpha value is -1.02. The molecule has 0 fully saturated rings. The van der Waals surface area contributed by atoms with E-state index in [1.54, 1.807) is 0 Å². The van der Waals surface area contributed by atoms with Crippen molar-refractivity contribution in [2.45, 2.75) is 19.2 Å². The third-order valence-corrected chi connectivity index (χ3v) is 2.93. The highest BCUT2D eigenvalue weighted by Crippen LogP contribution is 2.22. The molecule has 0 bridgehead atoms. The summed E-state index contributed by atoms with van der Waals surface area (Å²) in [6.07, 6.45) is 5.23. The van der Waals surface area contributed by atoms with Gasteiger partial charge in [-0.1, -0.05) is 17.7 Å². The van der Waals surface area contributed by atoms with Crippen LogP contribution in [-0.2, 0) is 5.88 Å². The Labute approximate surface area is 95.6 Å². The Morgan fingerprint density at radius 3 is 3.13 bits per heavy atom. The largest absolute Gasteiger partial charge is 0.352 e. The number of alkyl halides is 1. The zero-order valence-electron chi connectivity index (χ0n) is 8.91. The summed E-state index contributed by atoms with van der Waals surface area (Å²) in [7, 11) is 0. The number of pyridine rings is 1. The highest BCUT2D eigenvalue weighted by atomic mass is 35.5.